The summed E-state index contributed by atoms with van der Waals surface area (Å²) in [7, 11) is -0.351. The van der Waals surface area contributed by atoms with Gasteiger partial charge >= 0.3 is 8.69 Å². The highest BCUT2D eigenvalue weighted by molar-refractivity contribution is 7.17. The molecule has 0 aliphatic carbocycles. The van der Waals surface area contributed by atoms with Crippen LogP contribution in [0.25, 0.3) is 0 Å². The first-order valence-electron chi connectivity index (χ1n) is 2.93. The van der Waals surface area contributed by atoms with Crippen LogP contribution in [0.5, 0.6) is 5.75 Å². The molecule has 0 aliphatic rings. The van der Waals surface area contributed by atoms with Crippen LogP contribution in [0.2, 0.25) is 0 Å². The van der Waals surface area contributed by atoms with Crippen LogP contribution in [0.15, 0.2) is 24.3 Å². The first kappa shape index (κ1) is 7.78. The van der Waals surface area contributed by atoms with E-state index in [4.69, 9.17) is 6.42 Å². The van der Waals surface area contributed by atoms with Gasteiger partial charge in [0, 0.05) is 5.56 Å². The van der Waals surface area contributed by atoms with Crippen molar-refractivity contribution in [2.24, 2.45) is 0 Å². The second kappa shape index (κ2) is 3.75. The van der Waals surface area contributed by atoms with Gasteiger partial charge in [0.05, 0.1) is 0 Å². The molecule has 0 saturated carbocycles. The van der Waals surface area contributed by atoms with E-state index < -0.39 is 0 Å². The van der Waals surface area contributed by atoms with E-state index in [9.17, 15) is 4.57 Å². The van der Waals surface area contributed by atoms with Gasteiger partial charge in [0.25, 0.3) is 0 Å². The Bertz CT molecular complexity index is 284. The van der Waals surface area contributed by atoms with Gasteiger partial charge in [0.15, 0.2) is 0 Å². The maximum Gasteiger partial charge on any atom is 0.395 e. The summed E-state index contributed by atoms with van der Waals surface area (Å²) in [5.74, 6) is 3.00. The minimum atomic E-state index is -0.351. The Hall–Kier alpha value is -1.32. The molecule has 1 rings (SSSR count). The molecular formula is C8H5O2P. The summed E-state index contributed by atoms with van der Waals surface area (Å²) in [6.07, 6.45) is 5.12. The zero-order valence-electron chi connectivity index (χ0n) is 5.65. The summed E-state index contributed by atoms with van der Waals surface area (Å²) >= 11 is 0. The van der Waals surface area contributed by atoms with Crippen LogP contribution in [0.1, 0.15) is 5.56 Å². The molecule has 1 aromatic rings. The molecule has 1 aromatic carbocycles. The molecule has 0 fully saturated rings. The van der Waals surface area contributed by atoms with Crippen LogP contribution in [0.4, 0.5) is 0 Å². The fraction of sp³-hybridized carbons (Fsp3) is 0. The third kappa shape index (κ3) is 2.07. The largest absolute Gasteiger partial charge is 0.408 e. The molecule has 2 nitrogen and oxygen atoms in total. The third-order valence-corrected chi connectivity index (χ3v) is 1.45. The van der Waals surface area contributed by atoms with Gasteiger partial charge in [-0.05, 0) is 24.3 Å². The van der Waals surface area contributed by atoms with Crippen molar-refractivity contribution in [3.05, 3.63) is 29.8 Å². The molecule has 0 N–H and O–H groups in total. The molecule has 0 atom stereocenters. The van der Waals surface area contributed by atoms with Crippen molar-refractivity contribution in [3.63, 3.8) is 0 Å². The summed E-state index contributed by atoms with van der Waals surface area (Å²) in [5, 5.41) is 0. The van der Waals surface area contributed by atoms with Gasteiger partial charge in [0.2, 0.25) is 0 Å². The average Bonchev–Trinajstić information content (AvgIpc) is 2.07. The van der Waals surface area contributed by atoms with Crippen LogP contribution < -0.4 is 4.52 Å². The lowest BCUT2D eigenvalue weighted by Gasteiger charge is -1.94. The van der Waals surface area contributed by atoms with Crippen LogP contribution in [0.3, 0.4) is 0 Å². The highest BCUT2D eigenvalue weighted by atomic mass is 31.1. The number of rotatable bonds is 2. The molecule has 0 aromatic heterocycles. The normalized spacial score (nSPS) is 9.00. The van der Waals surface area contributed by atoms with Gasteiger partial charge in [-0.25, -0.2) is 4.57 Å². The first-order valence-corrected chi connectivity index (χ1v) is 3.66. The Labute approximate surface area is 66.5 Å². The Morgan fingerprint density at radius 2 is 2.00 bits per heavy atom. The number of hydrogen-bond donors (Lipinski definition) is 0. The molecule has 0 bridgehead atoms. The van der Waals surface area contributed by atoms with E-state index in [1.54, 1.807) is 24.3 Å². The monoisotopic (exact) mass is 164 g/mol. The second-order valence-electron chi connectivity index (χ2n) is 1.83. The van der Waals surface area contributed by atoms with Crippen LogP contribution in [0, 0.1) is 12.3 Å². The number of hydrogen-bond acceptors (Lipinski definition) is 2. The fourth-order valence-corrected chi connectivity index (χ4v) is 0.863. The molecule has 0 heterocycles. The van der Waals surface area contributed by atoms with Crippen molar-refractivity contribution in [1.29, 1.82) is 0 Å². The molecule has 0 amide bonds. The van der Waals surface area contributed by atoms with E-state index in [2.05, 4.69) is 10.4 Å². The predicted octanol–water partition coefficient (Wildman–Crippen LogP) is 2.25. The lowest BCUT2D eigenvalue weighted by atomic mass is 10.2. The number of terminal acetylenes is 1. The molecule has 11 heavy (non-hydrogen) atoms. The first-order chi connectivity index (χ1) is 5.36. The third-order valence-electron chi connectivity index (χ3n) is 1.16. The molecule has 0 aliphatic heterocycles. The van der Waals surface area contributed by atoms with Crippen molar-refractivity contribution < 1.29 is 9.09 Å². The Morgan fingerprint density at radius 3 is 2.45 bits per heavy atom. The van der Waals surface area contributed by atoms with E-state index >= 15 is 0 Å². The maximum absolute atomic E-state index is 9.96. The lowest BCUT2D eigenvalue weighted by molar-refractivity contribution is 0.525. The van der Waals surface area contributed by atoms with Crippen molar-refractivity contribution >= 4 is 8.69 Å². The van der Waals surface area contributed by atoms with Crippen molar-refractivity contribution in [3.8, 4) is 18.1 Å². The van der Waals surface area contributed by atoms with Gasteiger partial charge < -0.3 is 4.52 Å². The molecule has 54 valence electrons. The highest BCUT2D eigenvalue weighted by Crippen LogP contribution is 2.14. The zero-order chi connectivity index (χ0) is 8.10. The quantitative estimate of drug-likeness (QED) is 0.495. The zero-order valence-corrected chi connectivity index (χ0v) is 6.54. The summed E-state index contributed by atoms with van der Waals surface area (Å²) in [6.45, 7) is 0. The van der Waals surface area contributed by atoms with Crippen LogP contribution >= 0.6 is 8.69 Å². The summed E-state index contributed by atoms with van der Waals surface area (Å²) < 4.78 is 14.6. The topological polar surface area (TPSA) is 26.3 Å². The summed E-state index contributed by atoms with van der Waals surface area (Å²) in [5.41, 5.74) is 0.778. The van der Waals surface area contributed by atoms with Crippen LogP contribution in [-0.2, 0) is 4.57 Å². The smallest absolute Gasteiger partial charge is 0.395 e. The van der Waals surface area contributed by atoms with E-state index in [0.29, 0.717) is 5.75 Å². The fourth-order valence-electron chi connectivity index (χ4n) is 0.655. The minimum absolute atomic E-state index is 0.351. The Kier molecular flexibility index (Phi) is 2.66. The highest BCUT2D eigenvalue weighted by Gasteiger charge is 1.91. The Morgan fingerprint density at radius 1 is 1.36 bits per heavy atom. The summed E-state index contributed by atoms with van der Waals surface area (Å²) in [4.78, 5) is 0. The van der Waals surface area contributed by atoms with E-state index in [0.717, 1.165) is 5.56 Å². The number of benzene rings is 1. The van der Waals surface area contributed by atoms with Crippen molar-refractivity contribution in [2.75, 3.05) is 0 Å². The average molecular weight is 164 g/mol. The van der Waals surface area contributed by atoms with Gasteiger partial charge in [-0.1, -0.05) is 5.92 Å². The van der Waals surface area contributed by atoms with Gasteiger partial charge in [-0.2, -0.15) is 0 Å². The standard InChI is InChI=1S/C8H5O2P/c1-2-7-3-5-8(6-4-7)10-11-9/h1,3-6H. The van der Waals surface area contributed by atoms with Crippen LogP contribution in [-0.4, -0.2) is 0 Å². The van der Waals surface area contributed by atoms with E-state index in [-0.39, 0.29) is 8.69 Å². The minimum Gasteiger partial charge on any atom is -0.408 e. The summed E-state index contributed by atoms with van der Waals surface area (Å²) in [6, 6.07) is 6.78. The Balaban J connectivity index is 2.84. The molecule has 0 unspecified atom stereocenters. The van der Waals surface area contributed by atoms with Crippen molar-refractivity contribution in [2.45, 2.75) is 0 Å². The van der Waals surface area contributed by atoms with Gasteiger partial charge in [0.1, 0.15) is 5.75 Å². The predicted molar refractivity (Wildman–Crippen MR) is 42.6 cm³/mol. The van der Waals surface area contributed by atoms with Gasteiger partial charge in [-0.15, -0.1) is 6.42 Å². The maximum atomic E-state index is 9.96. The molecule has 3 heteroatoms. The molecular weight excluding hydrogens is 159 g/mol. The van der Waals surface area contributed by atoms with E-state index in [1.807, 2.05) is 0 Å². The molecule has 0 saturated heterocycles. The molecule has 0 spiro atoms. The van der Waals surface area contributed by atoms with Gasteiger partial charge in [-0.3, -0.25) is 0 Å². The molecule has 0 radical (unpaired) electrons. The lowest BCUT2D eigenvalue weighted by Crippen LogP contribution is -1.75. The second-order valence-corrected chi connectivity index (χ2v) is 2.17. The van der Waals surface area contributed by atoms with Crippen molar-refractivity contribution in [1.82, 2.24) is 0 Å². The SMILES string of the molecule is C#Cc1ccc(OP=O)cc1. The van der Waals surface area contributed by atoms with E-state index in [1.165, 1.54) is 0 Å².